The second kappa shape index (κ2) is 9.62. The largest absolute Gasteiger partial charge is 0.496 e. The van der Waals surface area contributed by atoms with Crippen molar-refractivity contribution in [2.45, 2.75) is 20.3 Å². The Morgan fingerprint density at radius 3 is 2.30 bits per heavy atom. The molecule has 0 aliphatic rings. The van der Waals surface area contributed by atoms with Crippen molar-refractivity contribution < 1.29 is 28.5 Å². The van der Waals surface area contributed by atoms with Crippen LogP contribution in [0.3, 0.4) is 0 Å². The van der Waals surface area contributed by atoms with Crippen LogP contribution in [0.15, 0.2) is 35.9 Å². The minimum Gasteiger partial charge on any atom is -0.496 e. The van der Waals surface area contributed by atoms with Crippen LogP contribution in [0.2, 0.25) is 0 Å². The minimum absolute atomic E-state index is 0.175. The fourth-order valence-electron chi connectivity index (χ4n) is 2.80. The molecule has 0 aliphatic heterocycles. The van der Waals surface area contributed by atoms with Gasteiger partial charge in [-0.2, -0.15) is 0 Å². The van der Waals surface area contributed by atoms with Crippen LogP contribution in [0.25, 0.3) is 16.8 Å². The number of carbonyl (C=O) groups excluding carboxylic acids is 2. The Bertz CT molecular complexity index is 853. The maximum absolute atomic E-state index is 12.3. The molecule has 0 fully saturated rings. The first kappa shape index (κ1) is 20.3. The van der Waals surface area contributed by atoms with Crippen molar-refractivity contribution in [1.82, 2.24) is 0 Å². The molecule has 0 saturated heterocycles. The number of rotatable bonds is 8. The maximum atomic E-state index is 12.3. The molecule has 144 valence electrons. The zero-order chi connectivity index (χ0) is 19.8. The molecule has 0 radical (unpaired) electrons. The van der Waals surface area contributed by atoms with Gasteiger partial charge in [0.15, 0.2) is 0 Å². The third-order valence-corrected chi connectivity index (χ3v) is 3.93. The Morgan fingerprint density at radius 1 is 0.926 bits per heavy atom. The summed E-state index contributed by atoms with van der Waals surface area (Å²) < 4.78 is 21.0. The number of fused-ring (bicyclic) bond motifs is 1. The average molecular weight is 372 g/mol. The van der Waals surface area contributed by atoms with Gasteiger partial charge in [0, 0.05) is 21.9 Å². The molecule has 0 aliphatic carbocycles. The molecule has 0 saturated carbocycles. The summed E-state index contributed by atoms with van der Waals surface area (Å²) >= 11 is 0. The molecule has 2 aromatic rings. The highest BCUT2D eigenvalue weighted by molar-refractivity contribution is 6.01. The summed E-state index contributed by atoms with van der Waals surface area (Å²) in [5, 5.41) is 1.72. The number of hydrogen-bond acceptors (Lipinski definition) is 6. The lowest BCUT2D eigenvalue weighted by atomic mass is 10.0. The topological polar surface area (TPSA) is 71.1 Å². The Morgan fingerprint density at radius 2 is 1.67 bits per heavy atom. The van der Waals surface area contributed by atoms with Crippen molar-refractivity contribution >= 4 is 28.8 Å². The van der Waals surface area contributed by atoms with Crippen LogP contribution in [-0.2, 0) is 19.1 Å². The van der Waals surface area contributed by atoms with Gasteiger partial charge in [0.25, 0.3) is 0 Å². The predicted octanol–water partition coefficient (Wildman–Crippen LogP) is 3.76. The Labute approximate surface area is 158 Å². The summed E-state index contributed by atoms with van der Waals surface area (Å²) in [6.07, 6.45) is 1.43. The number of hydrogen-bond donors (Lipinski definition) is 0. The summed E-state index contributed by atoms with van der Waals surface area (Å²) in [5.41, 5.74) is 0.862. The quantitative estimate of drug-likeness (QED) is 0.519. The fourth-order valence-corrected chi connectivity index (χ4v) is 2.80. The number of methoxy groups -OCH3 is 2. The van der Waals surface area contributed by atoms with Crippen molar-refractivity contribution in [2.24, 2.45) is 0 Å². The number of carbonyl (C=O) groups is 2. The minimum atomic E-state index is -0.557. The highest BCUT2D eigenvalue weighted by Crippen LogP contribution is 2.36. The van der Waals surface area contributed by atoms with E-state index >= 15 is 0 Å². The maximum Gasteiger partial charge on any atom is 0.334 e. The van der Waals surface area contributed by atoms with E-state index < -0.39 is 11.9 Å². The first-order valence-electron chi connectivity index (χ1n) is 8.72. The van der Waals surface area contributed by atoms with Gasteiger partial charge in [-0.05, 0) is 32.1 Å². The van der Waals surface area contributed by atoms with Crippen LogP contribution in [0, 0.1) is 0 Å². The Hall–Kier alpha value is -3.02. The molecular formula is C21H24O6. The molecule has 2 rings (SSSR count). The summed E-state index contributed by atoms with van der Waals surface area (Å²) in [4.78, 5) is 24.2. The van der Waals surface area contributed by atoms with Crippen molar-refractivity contribution in [2.75, 3.05) is 27.4 Å². The van der Waals surface area contributed by atoms with Crippen molar-refractivity contribution in [3.05, 3.63) is 41.5 Å². The van der Waals surface area contributed by atoms with Gasteiger partial charge < -0.3 is 18.9 Å². The molecule has 0 atom stereocenters. The standard InChI is InChI=1S/C21H24O6/c1-5-26-19(22)13-15(21(23)27-6-2)12-14-10-11-16-17(20(14)25-4)8-7-9-18(16)24-3/h7-12H,5-6,13H2,1-4H3/b15-12+. The highest BCUT2D eigenvalue weighted by atomic mass is 16.5. The molecule has 0 unspecified atom stereocenters. The van der Waals surface area contributed by atoms with Crippen LogP contribution in [0.1, 0.15) is 25.8 Å². The lowest BCUT2D eigenvalue weighted by Crippen LogP contribution is -2.13. The lowest BCUT2D eigenvalue weighted by Gasteiger charge is -2.13. The summed E-state index contributed by atoms with van der Waals surface area (Å²) in [7, 11) is 3.16. The Kier molecular flexibility index (Phi) is 7.23. The van der Waals surface area contributed by atoms with Crippen molar-refractivity contribution in [3.8, 4) is 11.5 Å². The van der Waals surface area contributed by atoms with Crippen LogP contribution < -0.4 is 9.47 Å². The molecule has 0 spiro atoms. The van der Waals surface area contributed by atoms with E-state index in [1.807, 2.05) is 30.3 Å². The first-order valence-corrected chi connectivity index (χ1v) is 8.72. The van der Waals surface area contributed by atoms with Gasteiger partial charge in [-0.3, -0.25) is 4.79 Å². The van der Waals surface area contributed by atoms with Gasteiger partial charge >= 0.3 is 11.9 Å². The van der Waals surface area contributed by atoms with Crippen LogP contribution in [0.4, 0.5) is 0 Å². The summed E-state index contributed by atoms with van der Waals surface area (Å²) in [6.45, 7) is 3.88. The molecule has 0 aromatic heterocycles. The molecule has 0 N–H and O–H groups in total. The van der Waals surface area contributed by atoms with Gasteiger partial charge in [0.05, 0.1) is 33.9 Å². The van der Waals surface area contributed by atoms with Gasteiger partial charge in [0.1, 0.15) is 11.5 Å². The molecule has 0 amide bonds. The van der Waals surface area contributed by atoms with E-state index in [0.717, 1.165) is 16.5 Å². The van der Waals surface area contributed by atoms with Crippen molar-refractivity contribution in [3.63, 3.8) is 0 Å². The number of ether oxygens (including phenoxy) is 4. The van der Waals surface area contributed by atoms with Crippen LogP contribution >= 0.6 is 0 Å². The molecule has 2 aromatic carbocycles. The van der Waals surface area contributed by atoms with E-state index in [1.165, 1.54) is 0 Å². The molecular weight excluding hydrogens is 348 g/mol. The van der Waals surface area contributed by atoms with Crippen LogP contribution in [0.5, 0.6) is 11.5 Å². The second-order valence-electron chi connectivity index (χ2n) is 5.62. The molecule has 6 heteroatoms. The number of esters is 2. The third kappa shape index (κ3) is 4.78. The Balaban J connectivity index is 2.55. The van der Waals surface area contributed by atoms with E-state index in [9.17, 15) is 9.59 Å². The monoisotopic (exact) mass is 372 g/mol. The highest BCUT2D eigenvalue weighted by Gasteiger charge is 2.18. The SMILES string of the molecule is CCOC(=O)C/C(=C\c1ccc2c(OC)cccc2c1OC)C(=O)OCC. The fraction of sp³-hybridized carbons (Fsp3) is 0.333. The van der Waals surface area contributed by atoms with Gasteiger partial charge in [-0.15, -0.1) is 0 Å². The zero-order valence-corrected chi connectivity index (χ0v) is 16.0. The van der Waals surface area contributed by atoms with Gasteiger partial charge in [-0.25, -0.2) is 4.79 Å². The van der Waals surface area contributed by atoms with Crippen molar-refractivity contribution in [1.29, 1.82) is 0 Å². The molecule has 27 heavy (non-hydrogen) atoms. The van der Waals surface area contributed by atoms with Gasteiger partial charge in [-0.1, -0.05) is 18.2 Å². The molecule has 0 bridgehead atoms. The normalized spacial score (nSPS) is 11.2. The van der Waals surface area contributed by atoms with Crippen LogP contribution in [-0.4, -0.2) is 39.4 Å². The molecule has 0 heterocycles. The van der Waals surface area contributed by atoms with E-state index in [4.69, 9.17) is 18.9 Å². The van der Waals surface area contributed by atoms with E-state index in [1.54, 1.807) is 34.1 Å². The van der Waals surface area contributed by atoms with E-state index in [-0.39, 0.29) is 25.2 Å². The van der Waals surface area contributed by atoms with E-state index in [2.05, 4.69) is 0 Å². The lowest BCUT2D eigenvalue weighted by molar-refractivity contribution is -0.145. The summed E-state index contributed by atoms with van der Waals surface area (Å²) in [6, 6.07) is 9.33. The summed E-state index contributed by atoms with van der Waals surface area (Å²) in [5.74, 6) is 0.257. The third-order valence-electron chi connectivity index (χ3n) is 3.93. The van der Waals surface area contributed by atoms with Gasteiger partial charge in [0.2, 0.25) is 0 Å². The zero-order valence-electron chi connectivity index (χ0n) is 16.0. The van der Waals surface area contributed by atoms with E-state index in [0.29, 0.717) is 11.3 Å². The first-order chi connectivity index (χ1) is 13.0. The predicted molar refractivity (Wildman–Crippen MR) is 103 cm³/mol. The smallest absolute Gasteiger partial charge is 0.334 e. The average Bonchev–Trinajstić information content (AvgIpc) is 2.67. The molecule has 6 nitrogen and oxygen atoms in total. The number of benzene rings is 2. The second-order valence-corrected chi connectivity index (χ2v) is 5.62.